The van der Waals surface area contributed by atoms with Crippen LogP contribution in [0.4, 0.5) is 5.00 Å². The van der Waals surface area contributed by atoms with Crippen LogP contribution >= 0.6 is 11.3 Å². The van der Waals surface area contributed by atoms with Gasteiger partial charge < -0.3 is 19.7 Å². The summed E-state index contributed by atoms with van der Waals surface area (Å²) >= 11 is 1.53. The lowest BCUT2D eigenvalue weighted by Crippen LogP contribution is -2.35. The fourth-order valence-corrected chi connectivity index (χ4v) is 5.90. The van der Waals surface area contributed by atoms with Gasteiger partial charge in [-0.05, 0) is 73.2 Å². The summed E-state index contributed by atoms with van der Waals surface area (Å²) in [4.78, 5) is 37.5. The lowest BCUT2D eigenvalue weighted by molar-refractivity contribution is -0.132. The van der Waals surface area contributed by atoms with Crippen molar-refractivity contribution in [1.82, 2.24) is 9.88 Å². The van der Waals surface area contributed by atoms with E-state index >= 15 is 0 Å². The van der Waals surface area contributed by atoms with Crippen molar-refractivity contribution in [2.45, 2.75) is 45.6 Å². The molecule has 0 unspecified atom stereocenters. The Labute approximate surface area is 227 Å². The zero-order valence-electron chi connectivity index (χ0n) is 22.4. The molecule has 200 valence electrons. The largest absolute Gasteiger partial charge is 0.497 e. The first-order valence-corrected chi connectivity index (χ1v) is 13.5. The van der Waals surface area contributed by atoms with Crippen molar-refractivity contribution in [2.24, 2.45) is 4.99 Å². The van der Waals surface area contributed by atoms with Crippen molar-refractivity contribution in [3.05, 3.63) is 69.4 Å². The number of amides is 2. The van der Waals surface area contributed by atoms with Gasteiger partial charge in [-0.25, -0.2) is 0 Å². The molecule has 9 heteroatoms. The van der Waals surface area contributed by atoms with E-state index in [1.807, 2.05) is 42.2 Å². The summed E-state index contributed by atoms with van der Waals surface area (Å²) in [6.07, 6.45) is 6.20. The lowest BCUT2D eigenvalue weighted by atomic mass is 10.0. The number of aliphatic imine (C=N–C) groups is 1. The number of methoxy groups -OCH3 is 2. The highest BCUT2D eigenvalue weighted by Crippen LogP contribution is 2.36. The molecule has 2 aromatic heterocycles. The number of aryl methyl sites for hydroxylation is 3. The first-order valence-electron chi connectivity index (χ1n) is 12.7. The third kappa shape index (κ3) is 6.58. The first kappa shape index (κ1) is 27.3. The number of benzene rings is 1. The molecule has 0 atom stereocenters. The van der Waals surface area contributed by atoms with Crippen molar-refractivity contribution in [1.29, 1.82) is 0 Å². The van der Waals surface area contributed by atoms with Crippen LogP contribution in [0, 0.1) is 6.92 Å². The van der Waals surface area contributed by atoms with Crippen molar-refractivity contribution in [2.75, 3.05) is 33.1 Å². The summed E-state index contributed by atoms with van der Waals surface area (Å²) in [7, 11) is 4.96. The number of hydrogen-bond acceptors (Lipinski definition) is 7. The molecule has 8 nitrogen and oxygen atoms in total. The van der Waals surface area contributed by atoms with Crippen LogP contribution in [0.1, 0.15) is 45.7 Å². The number of anilines is 1. The number of aromatic nitrogens is 1. The van der Waals surface area contributed by atoms with Crippen LogP contribution in [0.3, 0.4) is 0 Å². The third-order valence-electron chi connectivity index (χ3n) is 6.64. The van der Waals surface area contributed by atoms with Crippen molar-refractivity contribution < 1.29 is 19.1 Å². The van der Waals surface area contributed by atoms with E-state index in [0.717, 1.165) is 55.7 Å². The SMILES string of the molecule is CN=Cc1c(NC(=O)CCc2cc(OC)ccc2OC)sc2c1CCN(C(=O)CCc1cc(C)ccn1)C2. The van der Waals surface area contributed by atoms with Gasteiger partial charge >= 0.3 is 0 Å². The normalized spacial score (nSPS) is 12.9. The second-order valence-corrected chi connectivity index (χ2v) is 10.4. The molecule has 1 aliphatic rings. The first-order chi connectivity index (χ1) is 18.4. The average molecular weight is 535 g/mol. The molecular weight excluding hydrogens is 500 g/mol. The van der Waals surface area contributed by atoms with Crippen molar-refractivity contribution in [3.63, 3.8) is 0 Å². The van der Waals surface area contributed by atoms with E-state index in [1.54, 1.807) is 33.7 Å². The molecule has 0 aliphatic carbocycles. The van der Waals surface area contributed by atoms with Crippen LogP contribution in [0.5, 0.6) is 11.5 Å². The van der Waals surface area contributed by atoms with E-state index in [1.165, 1.54) is 11.3 Å². The van der Waals surface area contributed by atoms with Gasteiger partial charge in [0, 0.05) is 55.0 Å². The van der Waals surface area contributed by atoms with Gasteiger partial charge in [-0.2, -0.15) is 0 Å². The van der Waals surface area contributed by atoms with Crippen LogP contribution in [-0.2, 0) is 35.4 Å². The van der Waals surface area contributed by atoms with Crippen LogP contribution in [0.15, 0.2) is 41.5 Å². The fourth-order valence-electron chi connectivity index (χ4n) is 4.64. The minimum absolute atomic E-state index is 0.0854. The standard InChI is InChI=1S/C29H34N4O4S/c1-19-11-13-31-21(15-19)6-10-28(35)33-14-12-23-24(17-30-2)29(38-26(23)18-33)32-27(34)9-5-20-16-22(36-3)7-8-25(20)37-4/h7-8,11,13,15-17H,5-6,9-10,12,14,18H2,1-4H3,(H,32,34). The molecule has 0 saturated carbocycles. The van der Waals surface area contributed by atoms with E-state index in [4.69, 9.17) is 9.47 Å². The van der Waals surface area contributed by atoms with Gasteiger partial charge in [0.05, 0.1) is 20.8 Å². The summed E-state index contributed by atoms with van der Waals surface area (Å²) in [6, 6.07) is 9.56. The summed E-state index contributed by atoms with van der Waals surface area (Å²) in [5, 5.41) is 3.87. The maximum absolute atomic E-state index is 13.0. The minimum atomic E-state index is -0.0854. The lowest BCUT2D eigenvalue weighted by Gasteiger charge is -2.27. The monoisotopic (exact) mass is 534 g/mol. The van der Waals surface area contributed by atoms with Crippen LogP contribution in [0.25, 0.3) is 0 Å². The topological polar surface area (TPSA) is 93.1 Å². The molecule has 0 bridgehead atoms. The predicted octanol–water partition coefficient (Wildman–Crippen LogP) is 4.61. The maximum Gasteiger partial charge on any atom is 0.225 e. The number of rotatable bonds is 10. The van der Waals surface area contributed by atoms with E-state index in [2.05, 4.69) is 15.3 Å². The van der Waals surface area contributed by atoms with Gasteiger partial charge in [-0.1, -0.05) is 0 Å². The van der Waals surface area contributed by atoms with Crippen molar-refractivity contribution >= 4 is 34.4 Å². The molecule has 1 N–H and O–H groups in total. The summed E-state index contributed by atoms with van der Waals surface area (Å²) in [6.45, 7) is 3.22. The fraction of sp³-hybridized carbons (Fsp3) is 0.379. The number of ether oxygens (including phenoxy) is 2. The molecule has 0 spiro atoms. The van der Waals surface area contributed by atoms with Gasteiger partial charge in [-0.3, -0.25) is 19.6 Å². The molecule has 2 amide bonds. The van der Waals surface area contributed by atoms with Crippen LogP contribution in [-0.4, -0.2) is 55.7 Å². The summed E-state index contributed by atoms with van der Waals surface area (Å²) in [5.74, 6) is 1.49. The van der Waals surface area contributed by atoms with E-state index in [0.29, 0.717) is 38.8 Å². The van der Waals surface area contributed by atoms with Gasteiger partial charge in [0.15, 0.2) is 0 Å². The van der Waals surface area contributed by atoms with Crippen molar-refractivity contribution in [3.8, 4) is 11.5 Å². The number of fused-ring (bicyclic) bond motifs is 1. The number of hydrogen-bond donors (Lipinski definition) is 1. The molecule has 0 fully saturated rings. The quantitative estimate of drug-likeness (QED) is 0.384. The second-order valence-electron chi connectivity index (χ2n) is 9.25. The zero-order chi connectivity index (χ0) is 27.1. The highest BCUT2D eigenvalue weighted by molar-refractivity contribution is 7.16. The third-order valence-corrected chi connectivity index (χ3v) is 7.79. The molecule has 3 aromatic rings. The Balaban J connectivity index is 1.41. The predicted molar refractivity (Wildman–Crippen MR) is 151 cm³/mol. The van der Waals surface area contributed by atoms with Crippen LogP contribution in [0.2, 0.25) is 0 Å². The molecule has 1 aliphatic heterocycles. The highest BCUT2D eigenvalue weighted by atomic mass is 32.1. The average Bonchev–Trinajstić information content (AvgIpc) is 3.26. The Morgan fingerprint density at radius 3 is 2.74 bits per heavy atom. The van der Waals surface area contributed by atoms with E-state index in [9.17, 15) is 9.59 Å². The molecule has 3 heterocycles. The Morgan fingerprint density at radius 1 is 1.16 bits per heavy atom. The molecule has 4 rings (SSSR count). The van der Waals surface area contributed by atoms with Gasteiger partial charge in [-0.15, -0.1) is 11.3 Å². The van der Waals surface area contributed by atoms with Gasteiger partial charge in [0.1, 0.15) is 16.5 Å². The Hall–Kier alpha value is -3.72. The number of carbonyl (C=O) groups is 2. The summed E-state index contributed by atoms with van der Waals surface area (Å²) < 4.78 is 10.8. The Morgan fingerprint density at radius 2 is 2.00 bits per heavy atom. The minimum Gasteiger partial charge on any atom is -0.497 e. The molecule has 0 radical (unpaired) electrons. The highest BCUT2D eigenvalue weighted by Gasteiger charge is 2.27. The summed E-state index contributed by atoms with van der Waals surface area (Å²) in [5.41, 5.74) is 5.10. The Kier molecular flexibility index (Phi) is 9.12. The van der Waals surface area contributed by atoms with E-state index < -0.39 is 0 Å². The Bertz CT molecular complexity index is 1330. The number of carbonyl (C=O) groups excluding carboxylic acids is 2. The molecule has 38 heavy (non-hydrogen) atoms. The van der Waals surface area contributed by atoms with Gasteiger partial charge in [0.25, 0.3) is 0 Å². The smallest absolute Gasteiger partial charge is 0.225 e. The second kappa shape index (κ2) is 12.7. The number of nitrogens with one attached hydrogen (secondary N) is 1. The van der Waals surface area contributed by atoms with E-state index in [-0.39, 0.29) is 11.8 Å². The number of thiophene rings is 1. The number of pyridine rings is 1. The van der Waals surface area contributed by atoms with Gasteiger partial charge in [0.2, 0.25) is 11.8 Å². The molecule has 1 aromatic carbocycles. The van der Waals surface area contributed by atoms with Crippen LogP contribution < -0.4 is 14.8 Å². The maximum atomic E-state index is 13.0. The molecular formula is C29H34N4O4S. The number of nitrogens with zero attached hydrogens (tertiary/aromatic N) is 3. The molecule has 0 saturated heterocycles. The zero-order valence-corrected chi connectivity index (χ0v) is 23.2.